The Bertz CT molecular complexity index is 1120. The number of sulfone groups is 1. The number of hydrogen-bond acceptors (Lipinski definition) is 7. The SMILES string of the molecule is CS(=O)(=O)c1ccc(C(=O)Nc2ccc(N3CCC(C(N)=O)CC3)cc2)cc1[N+](=O)[O-]. The minimum atomic E-state index is -3.81. The van der Waals surface area contributed by atoms with Crippen molar-refractivity contribution in [1.82, 2.24) is 0 Å². The van der Waals surface area contributed by atoms with E-state index in [4.69, 9.17) is 5.73 Å². The fourth-order valence-electron chi connectivity index (χ4n) is 3.50. The molecule has 11 heteroatoms. The van der Waals surface area contributed by atoms with Crippen LogP contribution in [0.3, 0.4) is 0 Å². The number of anilines is 2. The maximum absolute atomic E-state index is 12.5. The summed E-state index contributed by atoms with van der Waals surface area (Å²) in [6.07, 6.45) is 2.25. The van der Waals surface area contributed by atoms with Crippen LogP contribution in [0.25, 0.3) is 0 Å². The fraction of sp³-hybridized carbons (Fsp3) is 0.300. The highest BCUT2D eigenvalue weighted by Gasteiger charge is 2.25. The monoisotopic (exact) mass is 446 g/mol. The third kappa shape index (κ3) is 5.18. The van der Waals surface area contributed by atoms with Crippen molar-refractivity contribution in [3.8, 4) is 0 Å². The standard InChI is InChI=1S/C20H22N4O6S/c1-31(29,30)18-7-2-14(12-17(18)24(27)28)20(26)22-15-3-5-16(6-4-15)23-10-8-13(9-11-23)19(21)25/h2-7,12-13H,8-11H2,1H3,(H2,21,25)(H,22,26). The minimum absolute atomic E-state index is 0.0308. The van der Waals surface area contributed by atoms with E-state index in [0.29, 0.717) is 31.6 Å². The van der Waals surface area contributed by atoms with Crippen LogP contribution >= 0.6 is 0 Å². The molecule has 1 aliphatic rings. The van der Waals surface area contributed by atoms with Gasteiger partial charge in [0.25, 0.3) is 11.6 Å². The minimum Gasteiger partial charge on any atom is -0.371 e. The predicted molar refractivity (Wildman–Crippen MR) is 115 cm³/mol. The van der Waals surface area contributed by atoms with Crippen molar-refractivity contribution in [2.24, 2.45) is 11.7 Å². The van der Waals surface area contributed by atoms with E-state index in [-0.39, 0.29) is 17.4 Å². The number of primary amides is 1. The van der Waals surface area contributed by atoms with Crippen molar-refractivity contribution in [1.29, 1.82) is 0 Å². The first-order chi connectivity index (χ1) is 14.6. The molecule has 2 aromatic carbocycles. The Balaban J connectivity index is 1.71. The lowest BCUT2D eigenvalue weighted by Gasteiger charge is -2.32. The van der Waals surface area contributed by atoms with Gasteiger partial charge in [-0.05, 0) is 49.2 Å². The Morgan fingerprint density at radius 1 is 1.13 bits per heavy atom. The quantitative estimate of drug-likeness (QED) is 0.508. The number of rotatable bonds is 6. The summed E-state index contributed by atoms with van der Waals surface area (Å²) in [6.45, 7) is 1.41. The van der Waals surface area contributed by atoms with Crippen molar-refractivity contribution in [2.45, 2.75) is 17.7 Å². The van der Waals surface area contributed by atoms with Crippen molar-refractivity contribution >= 4 is 38.7 Å². The molecule has 1 fully saturated rings. The zero-order valence-electron chi connectivity index (χ0n) is 16.8. The Hall–Kier alpha value is -3.47. The number of nitrogens with one attached hydrogen (secondary N) is 1. The molecule has 0 radical (unpaired) electrons. The second-order valence-corrected chi connectivity index (χ2v) is 9.36. The van der Waals surface area contributed by atoms with Gasteiger partial charge in [-0.25, -0.2) is 8.42 Å². The molecule has 0 saturated carbocycles. The summed E-state index contributed by atoms with van der Waals surface area (Å²) in [4.78, 5) is 35.9. The zero-order chi connectivity index (χ0) is 22.8. The molecule has 2 aromatic rings. The molecule has 10 nitrogen and oxygen atoms in total. The number of amides is 2. The molecule has 3 rings (SSSR count). The van der Waals surface area contributed by atoms with Crippen LogP contribution in [0.2, 0.25) is 0 Å². The largest absolute Gasteiger partial charge is 0.371 e. The first-order valence-corrected chi connectivity index (χ1v) is 11.4. The van der Waals surface area contributed by atoms with Crippen LogP contribution in [0.15, 0.2) is 47.4 Å². The lowest BCUT2D eigenvalue weighted by atomic mass is 9.96. The summed E-state index contributed by atoms with van der Waals surface area (Å²) in [7, 11) is -3.81. The topological polar surface area (TPSA) is 153 Å². The highest BCUT2D eigenvalue weighted by molar-refractivity contribution is 7.90. The molecule has 1 aliphatic heterocycles. The van der Waals surface area contributed by atoms with Gasteiger partial charge < -0.3 is 16.0 Å². The van der Waals surface area contributed by atoms with Crippen LogP contribution < -0.4 is 16.0 Å². The Labute approximate surface area is 179 Å². The Morgan fingerprint density at radius 2 is 1.74 bits per heavy atom. The van der Waals surface area contributed by atoms with E-state index in [9.17, 15) is 28.1 Å². The van der Waals surface area contributed by atoms with E-state index < -0.39 is 31.3 Å². The summed E-state index contributed by atoms with van der Waals surface area (Å²) in [5.41, 5.74) is 6.10. The van der Waals surface area contributed by atoms with E-state index in [2.05, 4.69) is 10.2 Å². The number of nitro benzene ring substituents is 1. The van der Waals surface area contributed by atoms with E-state index in [0.717, 1.165) is 24.1 Å². The average Bonchev–Trinajstić information content (AvgIpc) is 2.73. The highest BCUT2D eigenvalue weighted by Crippen LogP contribution is 2.27. The molecule has 0 aromatic heterocycles. The first kappa shape index (κ1) is 22.2. The maximum atomic E-state index is 12.5. The van der Waals surface area contributed by atoms with E-state index in [1.807, 2.05) is 12.1 Å². The summed E-state index contributed by atoms with van der Waals surface area (Å²) in [5.74, 6) is -0.978. The molecule has 31 heavy (non-hydrogen) atoms. The molecule has 0 bridgehead atoms. The summed E-state index contributed by atoms with van der Waals surface area (Å²) < 4.78 is 23.4. The third-order valence-corrected chi connectivity index (χ3v) is 6.35. The van der Waals surface area contributed by atoms with Gasteiger partial charge in [0.1, 0.15) is 4.90 Å². The normalized spacial score (nSPS) is 14.8. The van der Waals surface area contributed by atoms with Gasteiger partial charge in [0.05, 0.1) is 4.92 Å². The number of hydrogen-bond donors (Lipinski definition) is 2. The van der Waals surface area contributed by atoms with Gasteiger partial charge in [0, 0.05) is 48.3 Å². The fourth-order valence-corrected chi connectivity index (χ4v) is 4.32. The second-order valence-electron chi connectivity index (χ2n) is 7.38. The van der Waals surface area contributed by atoms with E-state index in [1.54, 1.807) is 12.1 Å². The molecule has 0 spiro atoms. The number of nitrogens with two attached hydrogens (primary N) is 1. The number of piperidine rings is 1. The molecule has 1 saturated heterocycles. The van der Waals surface area contributed by atoms with Crippen LogP contribution in [0.1, 0.15) is 23.2 Å². The molecule has 2 amide bonds. The Morgan fingerprint density at radius 3 is 2.26 bits per heavy atom. The number of carbonyl (C=O) groups excluding carboxylic acids is 2. The molecule has 0 unspecified atom stereocenters. The highest BCUT2D eigenvalue weighted by atomic mass is 32.2. The van der Waals surface area contributed by atoms with Gasteiger partial charge in [0.15, 0.2) is 9.84 Å². The van der Waals surface area contributed by atoms with Gasteiger partial charge in [0.2, 0.25) is 5.91 Å². The van der Waals surface area contributed by atoms with Gasteiger partial charge in [-0.2, -0.15) is 0 Å². The summed E-state index contributed by atoms with van der Waals surface area (Å²) in [5, 5.41) is 13.9. The first-order valence-electron chi connectivity index (χ1n) is 9.50. The molecule has 3 N–H and O–H groups in total. The average molecular weight is 446 g/mol. The van der Waals surface area contributed by atoms with Crippen molar-refractivity contribution in [2.75, 3.05) is 29.6 Å². The number of carbonyl (C=O) groups is 2. The third-order valence-electron chi connectivity index (χ3n) is 5.20. The van der Waals surface area contributed by atoms with E-state index >= 15 is 0 Å². The maximum Gasteiger partial charge on any atom is 0.288 e. The zero-order valence-corrected chi connectivity index (χ0v) is 17.6. The van der Waals surface area contributed by atoms with Crippen LogP contribution in [0.5, 0.6) is 0 Å². The van der Waals surface area contributed by atoms with Crippen LogP contribution in [-0.2, 0) is 14.6 Å². The summed E-state index contributed by atoms with van der Waals surface area (Å²) in [6, 6.07) is 10.3. The van der Waals surface area contributed by atoms with Crippen LogP contribution in [-0.4, -0.2) is 44.5 Å². The molecule has 0 atom stereocenters. The number of nitro groups is 1. The molecule has 1 heterocycles. The molecular weight excluding hydrogens is 424 g/mol. The van der Waals surface area contributed by atoms with Gasteiger partial charge in [-0.1, -0.05) is 0 Å². The van der Waals surface area contributed by atoms with Crippen molar-refractivity contribution in [3.05, 3.63) is 58.1 Å². The molecule has 0 aliphatic carbocycles. The van der Waals surface area contributed by atoms with Gasteiger partial charge in [-0.3, -0.25) is 19.7 Å². The molecule has 164 valence electrons. The number of benzene rings is 2. The second kappa shape index (κ2) is 8.72. The van der Waals surface area contributed by atoms with Gasteiger partial charge in [-0.15, -0.1) is 0 Å². The molecular formula is C20H22N4O6S. The number of nitrogens with zero attached hydrogens (tertiary/aromatic N) is 2. The smallest absolute Gasteiger partial charge is 0.288 e. The van der Waals surface area contributed by atoms with E-state index in [1.165, 1.54) is 6.07 Å². The lowest BCUT2D eigenvalue weighted by molar-refractivity contribution is -0.387. The predicted octanol–water partition coefficient (Wildman–Crippen LogP) is 1.95. The van der Waals surface area contributed by atoms with Crippen LogP contribution in [0, 0.1) is 16.0 Å². The van der Waals surface area contributed by atoms with Crippen LogP contribution in [0.4, 0.5) is 17.1 Å². The Kier molecular flexibility index (Phi) is 6.25. The van der Waals surface area contributed by atoms with Crippen molar-refractivity contribution in [3.63, 3.8) is 0 Å². The summed E-state index contributed by atoms with van der Waals surface area (Å²) >= 11 is 0. The van der Waals surface area contributed by atoms with Crippen molar-refractivity contribution < 1.29 is 22.9 Å². The van der Waals surface area contributed by atoms with Gasteiger partial charge >= 0.3 is 0 Å². The lowest BCUT2D eigenvalue weighted by Crippen LogP contribution is -2.38.